The van der Waals surface area contributed by atoms with Gasteiger partial charge in [-0.05, 0) is 18.2 Å². The number of carboxylic acids is 1. The van der Waals surface area contributed by atoms with Crippen molar-refractivity contribution in [1.82, 2.24) is 4.98 Å². The third-order valence-corrected chi connectivity index (χ3v) is 4.84. The predicted molar refractivity (Wildman–Crippen MR) is 74.3 cm³/mol. The lowest BCUT2D eigenvalue weighted by Gasteiger charge is -1.98. The monoisotopic (exact) mass is 279 g/mol. The van der Waals surface area contributed by atoms with Crippen LogP contribution in [-0.4, -0.2) is 27.5 Å². The molecular formula is C11H9N3O2S2. The molecule has 0 amide bonds. The summed E-state index contributed by atoms with van der Waals surface area (Å²) in [5.74, 6) is -0.520. The van der Waals surface area contributed by atoms with Crippen LogP contribution in [0.25, 0.3) is 10.2 Å². The van der Waals surface area contributed by atoms with Crippen molar-refractivity contribution in [3.63, 3.8) is 0 Å². The molecule has 0 saturated carbocycles. The fraction of sp³-hybridized carbons (Fsp3) is 0.182. The van der Waals surface area contributed by atoms with Gasteiger partial charge in [0.25, 0.3) is 0 Å². The van der Waals surface area contributed by atoms with Crippen molar-refractivity contribution < 1.29 is 9.90 Å². The first-order valence-corrected chi connectivity index (χ1v) is 7.07. The summed E-state index contributed by atoms with van der Waals surface area (Å²) in [6.45, 7) is 0. The first-order chi connectivity index (χ1) is 8.63. The van der Waals surface area contributed by atoms with Gasteiger partial charge in [-0.25, -0.2) is 9.78 Å². The smallest absolute Gasteiger partial charge is 0.350 e. The van der Waals surface area contributed by atoms with Gasteiger partial charge in [0, 0.05) is 11.4 Å². The Kier molecular flexibility index (Phi) is 2.71. The van der Waals surface area contributed by atoms with Gasteiger partial charge in [-0.3, -0.25) is 4.99 Å². The Morgan fingerprint density at radius 1 is 1.50 bits per heavy atom. The number of benzene rings is 1. The number of nitrogens with two attached hydrogens (primary N) is 1. The maximum absolute atomic E-state index is 10.8. The number of aliphatic carboxylic acids is 1. The molecule has 92 valence electrons. The van der Waals surface area contributed by atoms with Gasteiger partial charge in [0.1, 0.15) is 16.1 Å². The molecule has 7 heteroatoms. The van der Waals surface area contributed by atoms with E-state index in [1.54, 1.807) is 6.07 Å². The van der Waals surface area contributed by atoms with E-state index in [0.717, 1.165) is 15.2 Å². The first-order valence-electron chi connectivity index (χ1n) is 5.21. The minimum absolute atomic E-state index is 0.199. The van der Waals surface area contributed by atoms with E-state index < -0.39 is 5.97 Å². The minimum atomic E-state index is -0.949. The van der Waals surface area contributed by atoms with Crippen LogP contribution in [-0.2, 0) is 4.79 Å². The molecule has 3 N–H and O–H groups in total. The van der Waals surface area contributed by atoms with Gasteiger partial charge < -0.3 is 10.8 Å². The molecule has 0 fully saturated rings. The number of aliphatic imine (C=N–C) groups is 1. The quantitative estimate of drug-likeness (QED) is 0.822. The topological polar surface area (TPSA) is 88.6 Å². The number of carboxylic acid groups (broad SMARTS) is 1. The average molecular weight is 279 g/mol. The van der Waals surface area contributed by atoms with Crippen LogP contribution in [0.15, 0.2) is 23.2 Å². The highest BCUT2D eigenvalue weighted by atomic mass is 32.2. The highest BCUT2D eigenvalue weighted by Crippen LogP contribution is 2.39. The largest absolute Gasteiger partial charge is 0.477 e. The van der Waals surface area contributed by atoms with Crippen LogP contribution in [0.2, 0.25) is 0 Å². The molecule has 1 aromatic heterocycles. The van der Waals surface area contributed by atoms with Gasteiger partial charge in [-0.15, -0.1) is 23.1 Å². The van der Waals surface area contributed by atoms with Gasteiger partial charge in [-0.2, -0.15) is 0 Å². The molecule has 1 aliphatic heterocycles. The highest BCUT2D eigenvalue weighted by molar-refractivity contribution is 8.00. The maximum Gasteiger partial charge on any atom is 0.350 e. The normalized spacial score (nSPS) is 19.1. The summed E-state index contributed by atoms with van der Waals surface area (Å²) in [4.78, 5) is 19.5. The van der Waals surface area contributed by atoms with Crippen LogP contribution < -0.4 is 5.73 Å². The summed E-state index contributed by atoms with van der Waals surface area (Å²) >= 11 is 2.99. The molecule has 0 saturated heterocycles. The predicted octanol–water partition coefficient (Wildman–Crippen LogP) is 2.15. The summed E-state index contributed by atoms with van der Waals surface area (Å²) in [5, 5.41) is 9.51. The van der Waals surface area contributed by atoms with Crippen molar-refractivity contribution in [3.8, 4) is 0 Å². The van der Waals surface area contributed by atoms with Crippen molar-refractivity contribution in [2.24, 2.45) is 4.99 Å². The molecule has 3 rings (SSSR count). The summed E-state index contributed by atoms with van der Waals surface area (Å²) in [6, 6.07) is 5.55. The number of nitrogens with zero attached hydrogens (tertiary/aromatic N) is 2. The molecule has 0 radical (unpaired) electrons. The van der Waals surface area contributed by atoms with Crippen LogP contribution in [0.3, 0.4) is 0 Å². The van der Waals surface area contributed by atoms with E-state index in [-0.39, 0.29) is 11.1 Å². The van der Waals surface area contributed by atoms with Crippen molar-refractivity contribution in [2.75, 3.05) is 11.5 Å². The number of carbonyl (C=O) groups is 1. The lowest BCUT2D eigenvalue weighted by atomic mass is 10.3. The van der Waals surface area contributed by atoms with Crippen LogP contribution in [0.1, 0.15) is 10.4 Å². The first kappa shape index (κ1) is 11.5. The number of thiazole rings is 1. The standard InChI is InChI=1S/C11H9N3O2S2/c12-5-1-2-6-8(3-5)18-10(13-6)9-14-7(4-17-9)11(15)16/h1-3,9H,4,12H2,(H,15,16). The lowest BCUT2D eigenvalue weighted by Crippen LogP contribution is -2.11. The third-order valence-electron chi connectivity index (χ3n) is 2.54. The molecule has 0 bridgehead atoms. The highest BCUT2D eigenvalue weighted by Gasteiger charge is 2.26. The summed E-state index contributed by atoms with van der Waals surface area (Å²) in [7, 11) is 0. The number of thioether (sulfide) groups is 1. The van der Waals surface area contributed by atoms with Crippen LogP contribution in [0, 0.1) is 0 Å². The number of anilines is 1. The maximum atomic E-state index is 10.8. The van der Waals surface area contributed by atoms with E-state index in [1.165, 1.54) is 23.1 Å². The summed E-state index contributed by atoms with van der Waals surface area (Å²) in [6.07, 6.45) is 0. The van der Waals surface area contributed by atoms with E-state index in [0.29, 0.717) is 11.4 Å². The number of hydrogen-bond acceptors (Lipinski definition) is 6. The Balaban J connectivity index is 1.98. The minimum Gasteiger partial charge on any atom is -0.477 e. The molecule has 2 heterocycles. The number of fused-ring (bicyclic) bond motifs is 1. The lowest BCUT2D eigenvalue weighted by molar-refractivity contribution is -0.129. The Bertz CT molecular complexity index is 665. The summed E-state index contributed by atoms with van der Waals surface area (Å²) < 4.78 is 1.00. The molecule has 2 aromatic rings. The van der Waals surface area contributed by atoms with Gasteiger partial charge in [0.15, 0.2) is 0 Å². The van der Waals surface area contributed by atoms with Gasteiger partial charge >= 0.3 is 5.97 Å². The summed E-state index contributed by atoms with van der Waals surface area (Å²) in [5.41, 5.74) is 7.51. The zero-order valence-corrected chi connectivity index (χ0v) is 10.8. The van der Waals surface area contributed by atoms with Gasteiger partial charge in [-0.1, -0.05) is 0 Å². The fourth-order valence-electron chi connectivity index (χ4n) is 1.68. The number of aromatic nitrogens is 1. The number of hydrogen-bond donors (Lipinski definition) is 2. The molecule has 1 aromatic carbocycles. The van der Waals surface area contributed by atoms with Crippen molar-refractivity contribution >= 4 is 50.7 Å². The second-order valence-electron chi connectivity index (χ2n) is 3.82. The van der Waals surface area contributed by atoms with Crippen LogP contribution >= 0.6 is 23.1 Å². The molecule has 18 heavy (non-hydrogen) atoms. The van der Waals surface area contributed by atoms with E-state index in [1.807, 2.05) is 12.1 Å². The van der Waals surface area contributed by atoms with E-state index in [4.69, 9.17) is 10.8 Å². The molecule has 1 unspecified atom stereocenters. The molecule has 5 nitrogen and oxygen atoms in total. The number of rotatable bonds is 2. The van der Waals surface area contributed by atoms with Gasteiger partial charge in [0.05, 0.1) is 10.2 Å². The van der Waals surface area contributed by atoms with Crippen molar-refractivity contribution in [2.45, 2.75) is 5.37 Å². The van der Waals surface area contributed by atoms with Crippen LogP contribution in [0.5, 0.6) is 0 Å². The van der Waals surface area contributed by atoms with Crippen molar-refractivity contribution in [1.29, 1.82) is 0 Å². The van der Waals surface area contributed by atoms with Gasteiger partial charge in [0.2, 0.25) is 0 Å². The average Bonchev–Trinajstić information content (AvgIpc) is 2.93. The number of nitrogen functional groups attached to an aromatic ring is 1. The van der Waals surface area contributed by atoms with E-state index >= 15 is 0 Å². The SMILES string of the molecule is Nc1ccc2nc(C3N=C(C(=O)O)CS3)sc2c1. The molecule has 1 aliphatic rings. The van der Waals surface area contributed by atoms with E-state index in [2.05, 4.69) is 9.98 Å². The molecule has 1 atom stereocenters. The van der Waals surface area contributed by atoms with Crippen molar-refractivity contribution in [3.05, 3.63) is 23.2 Å². The molecular weight excluding hydrogens is 270 g/mol. The Morgan fingerprint density at radius 3 is 3.06 bits per heavy atom. The zero-order valence-electron chi connectivity index (χ0n) is 9.16. The molecule has 0 aliphatic carbocycles. The molecule has 0 spiro atoms. The van der Waals surface area contributed by atoms with E-state index in [9.17, 15) is 4.79 Å². The fourth-order valence-corrected chi connectivity index (χ4v) is 3.88. The Morgan fingerprint density at radius 2 is 2.33 bits per heavy atom. The third kappa shape index (κ3) is 1.95. The zero-order chi connectivity index (χ0) is 12.7. The Hall–Kier alpha value is -1.60. The second kappa shape index (κ2) is 4.25. The Labute approximate surface area is 111 Å². The second-order valence-corrected chi connectivity index (χ2v) is 5.95. The van der Waals surface area contributed by atoms with Crippen LogP contribution in [0.4, 0.5) is 5.69 Å².